The Bertz CT molecular complexity index is 3600. The van der Waals surface area contributed by atoms with Crippen LogP contribution in [0.3, 0.4) is 0 Å². The molecular formula is C60H40N2. The van der Waals surface area contributed by atoms with E-state index in [1.165, 1.54) is 109 Å². The van der Waals surface area contributed by atoms with Crippen molar-refractivity contribution in [2.24, 2.45) is 0 Å². The number of hydrogen-bond donors (Lipinski definition) is 0. The maximum Gasteiger partial charge on any atom is 0.0540 e. The second kappa shape index (κ2) is 13.3. The van der Waals surface area contributed by atoms with Gasteiger partial charge in [-0.15, -0.1) is 0 Å². The van der Waals surface area contributed by atoms with Gasteiger partial charge in [0, 0.05) is 33.5 Å². The first kappa shape index (κ1) is 34.9. The van der Waals surface area contributed by atoms with Crippen LogP contribution in [0, 0.1) is 13.8 Å². The lowest BCUT2D eigenvalue weighted by Crippen LogP contribution is -2.10. The molecule has 290 valence electrons. The van der Waals surface area contributed by atoms with Crippen molar-refractivity contribution in [3.05, 3.63) is 217 Å². The molecule has 13 aromatic rings. The largest absolute Gasteiger partial charge is 0.310 e. The number of nitrogens with zero attached hydrogens (tertiary/aromatic N) is 2. The number of fused-ring (bicyclic) bond motifs is 6. The highest BCUT2D eigenvalue weighted by atomic mass is 15.1. The summed E-state index contributed by atoms with van der Waals surface area (Å²) in [5.74, 6) is 0. The van der Waals surface area contributed by atoms with Gasteiger partial charge in [0.1, 0.15) is 0 Å². The number of hydrogen-bond acceptors (Lipinski definition) is 2. The third-order valence-electron chi connectivity index (χ3n) is 13.4. The zero-order chi connectivity index (χ0) is 41.1. The van der Waals surface area contributed by atoms with Crippen molar-refractivity contribution in [3.8, 4) is 0 Å². The van der Waals surface area contributed by atoms with Crippen LogP contribution in [-0.4, -0.2) is 0 Å². The minimum Gasteiger partial charge on any atom is -0.310 e. The molecular weight excluding hydrogens is 749 g/mol. The molecule has 0 aromatic heterocycles. The highest BCUT2D eigenvalue weighted by molar-refractivity contribution is 6.48. The first-order valence-electron chi connectivity index (χ1n) is 21.6. The molecule has 13 aromatic carbocycles. The molecule has 62 heavy (non-hydrogen) atoms. The Labute approximate surface area is 359 Å². The summed E-state index contributed by atoms with van der Waals surface area (Å²) in [6.07, 6.45) is 0. The van der Waals surface area contributed by atoms with Crippen LogP contribution in [0.15, 0.2) is 206 Å². The zero-order valence-corrected chi connectivity index (χ0v) is 34.5. The standard InChI is InChI=1S/C60H40N2/c1-37-25-29-41(30-26-37)61(39-13-5-3-6-14-39)53-35-33-45-43-17-9-24-52-57(43)59(49-21-11-19-47(53)55(45)49)51-23-10-18-44-46-34-36-54(48-20-12-22-50(56(46)48)60(52)58(44)51)62(40-15-7-4-8-16-40)42-31-27-38(2)28-32-42/h3-36H,1-2H3. The van der Waals surface area contributed by atoms with Crippen molar-refractivity contribution in [1.29, 1.82) is 0 Å². The summed E-state index contributed by atoms with van der Waals surface area (Å²) in [6, 6.07) is 76.7. The van der Waals surface area contributed by atoms with Crippen LogP contribution < -0.4 is 9.80 Å². The molecule has 0 saturated carbocycles. The Kier molecular flexibility index (Phi) is 7.47. The van der Waals surface area contributed by atoms with Crippen molar-refractivity contribution in [2.75, 3.05) is 9.80 Å². The number of benzene rings is 13. The van der Waals surface area contributed by atoms with Crippen LogP contribution in [0.5, 0.6) is 0 Å². The summed E-state index contributed by atoms with van der Waals surface area (Å²) >= 11 is 0. The van der Waals surface area contributed by atoms with Gasteiger partial charge in [-0.3, -0.25) is 0 Å². The van der Waals surface area contributed by atoms with Crippen molar-refractivity contribution >= 4 is 120 Å². The third-order valence-corrected chi connectivity index (χ3v) is 13.4. The summed E-state index contributed by atoms with van der Waals surface area (Å²) in [5.41, 5.74) is 9.40. The number of aryl methyl sites for hydroxylation is 2. The lowest BCUT2D eigenvalue weighted by molar-refractivity contribution is 1.29. The quantitative estimate of drug-likeness (QED) is 0.122. The Morgan fingerprint density at radius 3 is 0.887 bits per heavy atom. The molecule has 2 nitrogen and oxygen atoms in total. The van der Waals surface area contributed by atoms with E-state index in [0.717, 1.165) is 22.7 Å². The molecule has 2 heteroatoms. The summed E-state index contributed by atoms with van der Waals surface area (Å²) in [5, 5.41) is 20.8. The normalized spacial score (nSPS) is 12.0. The highest BCUT2D eigenvalue weighted by Crippen LogP contribution is 2.53. The van der Waals surface area contributed by atoms with E-state index in [2.05, 4.69) is 230 Å². The molecule has 13 rings (SSSR count). The van der Waals surface area contributed by atoms with Crippen LogP contribution in [-0.2, 0) is 0 Å². The molecule has 0 aliphatic carbocycles. The fourth-order valence-corrected chi connectivity index (χ4v) is 10.8. The molecule has 0 fully saturated rings. The molecule has 0 amide bonds. The lowest BCUT2D eigenvalue weighted by atomic mass is 9.81. The summed E-state index contributed by atoms with van der Waals surface area (Å²) in [4.78, 5) is 4.83. The number of rotatable bonds is 6. The molecule has 0 bridgehead atoms. The zero-order valence-electron chi connectivity index (χ0n) is 34.5. The molecule has 0 spiro atoms. The van der Waals surface area contributed by atoms with Gasteiger partial charge in [-0.25, -0.2) is 0 Å². The Morgan fingerprint density at radius 2 is 0.500 bits per heavy atom. The Morgan fingerprint density at radius 1 is 0.210 bits per heavy atom. The second-order valence-corrected chi connectivity index (χ2v) is 16.9. The van der Waals surface area contributed by atoms with Gasteiger partial charge in [-0.05, 0) is 150 Å². The molecule has 0 atom stereocenters. The smallest absolute Gasteiger partial charge is 0.0540 e. The first-order chi connectivity index (χ1) is 30.6. The van der Waals surface area contributed by atoms with Crippen molar-refractivity contribution in [2.45, 2.75) is 13.8 Å². The predicted octanol–water partition coefficient (Wildman–Crippen LogP) is 17.3. The maximum absolute atomic E-state index is 2.42. The van der Waals surface area contributed by atoms with Crippen LogP contribution in [0.25, 0.3) is 86.2 Å². The summed E-state index contributed by atoms with van der Waals surface area (Å²) in [7, 11) is 0. The van der Waals surface area contributed by atoms with Gasteiger partial charge in [0.05, 0.1) is 11.4 Å². The minimum atomic E-state index is 1.14. The van der Waals surface area contributed by atoms with E-state index in [0.29, 0.717) is 0 Å². The number of anilines is 6. The first-order valence-corrected chi connectivity index (χ1v) is 21.6. The molecule has 0 radical (unpaired) electrons. The monoisotopic (exact) mass is 788 g/mol. The third kappa shape index (κ3) is 4.92. The Balaban J connectivity index is 1.14. The fraction of sp³-hybridized carbons (Fsp3) is 0.0333. The van der Waals surface area contributed by atoms with Gasteiger partial charge in [-0.2, -0.15) is 0 Å². The summed E-state index contributed by atoms with van der Waals surface area (Å²) < 4.78 is 0. The average Bonchev–Trinajstić information content (AvgIpc) is 3.32. The van der Waals surface area contributed by atoms with E-state index in [1.54, 1.807) is 0 Å². The van der Waals surface area contributed by atoms with Crippen LogP contribution >= 0.6 is 0 Å². The molecule has 0 aliphatic heterocycles. The van der Waals surface area contributed by atoms with Crippen molar-refractivity contribution in [1.82, 2.24) is 0 Å². The van der Waals surface area contributed by atoms with Crippen LogP contribution in [0.4, 0.5) is 34.1 Å². The lowest BCUT2D eigenvalue weighted by Gasteiger charge is -2.28. The molecule has 0 heterocycles. The topological polar surface area (TPSA) is 6.48 Å². The van der Waals surface area contributed by atoms with Gasteiger partial charge in [0.25, 0.3) is 0 Å². The van der Waals surface area contributed by atoms with Crippen LogP contribution in [0.1, 0.15) is 11.1 Å². The van der Waals surface area contributed by atoms with E-state index < -0.39 is 0 Å². The van der Waals surface area contributed by atoms with Crippen molar-refractivity contribution < 1.29 is 0 Å². The molecule has 0 saturated heterocycles. The van der Waals surface area contributed by atoms with Gasteiger partial charge >= 0.3 is 0 Å². The molecule has 0 unspecified atom stereocenters. The van der Waals surface area contributed by atoms with E-state index in [-0.39, 0.29) is 0 Å². The summed E-state index contributed by atoms with van der Waals surface area (Å²) in [6.45, 7) is 4.30. The Hall–Kier alpha value is -7.94. The minimum absolute atomic E-state index is 1.14. The maximum atomic E-state index is 2.42. The molecule has 0 aliphatic rings. The van der Waals surface area contributed by atoms with E-state index >= 15 is 0 Å². The van der Waals surface area contributed by atoms with Crippen LogP contribution in [0.2, 0.25) is 0 Å². The average molecular weight is 789 g/mol. The van der Waals surface area contributed by atoms with E-state index in [4.69, 9.17) is 0 Å². The highest BCUT2D eigenvalue weighted by Gasteiger charge is 2.25. The van der Waals surface area contributed by atoms with Gasteiger partial charge in [0.2, 0.25) is 0 Å². The predicted molar refractivity (Wildman–Crippen MR) is 268 cm³/mol. The molecule has 0 N–H and O–H groups in total. The van der Waals surface area contributed by atoms with E-state index in [9.17, 15) is 0 Å². The van der Waals surface area contributed by atoms with Gasteiger partial charge in [0.15, 0.2) is 0 Å². The van der Waals surface area contributed by atoms with Gasteiger partial charge in [-0.1, -0.05) is 157 Å². The second-order valence-electron chi connectivity index (χ2n) is 16.9. The number of para-hydroxylation sites is 2. The fourth-order valence-electron chi connectivity index (χ4n) is 10.8. The van der Waals surface area contributed by atoms with Crippen molar-refractivity contribution in [3.63, 3.8) is 0 Å². The van der Waals surface area contributed by atoms with E-state index in [1.807, 2.05) is 0 Å². The van der Waals surface area contributed by atoms with Gasteiger partial charge < -0.3 is 9.80 Å². The SMILES string of the molecule is Cc1ccc(N(c2ccccc2)c2ccc3c4cccc5c4c(c4cccc2c34)c2cccc3c4ccc(N(c6ccccc6)c6ccc(C)cc6)c6cccc(c64)c5c32)cc1.